The molecule has 4 aromatic rings. The smallest absolute Gasteiger partial charge is 0.266 e. The Balaban J connectivity index is 1.50. The number of fused-ring (bicyclic) bond motifs is 1. The van der Waals surface area contributed by atoms with Crippen LogP contribution in [0.1, 0.15) is 5.56 Å². The molecule has 0 aliphatic heterocycles. The van der Waals surface area contributed by atoms with Crippen LogP contribution in [0.5, 0.6) is 5.75 Å². The number of para-hydroxylation sites is 2. The lowest BCUT2D eigenvalue weighted by Gasteiger charge is -2.14. The Kier molecular flexibility index (Phi) is 7.04. The van der Waals surface area contributed by atoms with Crippen LogP contribution in [0.3, 0.4) is 0 Å². The molecule has 6 nitrogen and oxygen atoms in total. The number of thioether (sulfide) groups is 1. The number of nitrogens with one attached hydrogen (secondary N) is 1. The standard InChI is InChI=1S/C25H22FN3O3S/c1-17-11-12-18(15-21(17)26)29-24(31)20-9-5-6-10-22(20)28-25(29)33-16-23(30)27-13-14-32-19-7-3-2-4-8-19/h2-12,15H,13-14,16H2,1H3,(H,27,30). The van der Waals surface area contributed by atoms with Crippen LogP contribution in [0.25, 0.3) is 16.6 Å². The predicted molar refractivity (Wildman–Crippen MR) is 128 cm³/mol. The number of hydrogen-bond donors (Lipinski definition) is 1. The van der Waals surface area contributed by atoms with E-state index in [4.69, 9.17) is 4.74 Å². The topological polar surface area (TPSA) is 73.2 Å². The molecule has 33 heavy (non-hydrogen) atoms. The van der Waals surface area contributed by atoms with Crippen LogP contribution in [0.4, 0.5) is 4.39 Å². The predicted octanol–water partition coefficient (Wildman–Crippen LogP) is 4.12. The zero-order valence-electron chi connectivity index (χ0n) is 18.0. The lowest BCUT2D eigenvalue weighted by Crippen LogP contribution is -2.30. The van der Waals surface area contributed by atoms with Gasteiger partial charge in [-0.1, -0.05) is 48.2 Å². The molecule has 1 aromatic heterocycles. The number of ether oxygens (including phenoxy) is 1. The number of amides is 1. The van der Waals surface area contributed by atoms with Gasteiger partial charge in [-0.25, -0.2) is 9.37 Å². The zero-order chi connectivity index (χ0) is 23.2. The normalized spacial score (nSPS) is 10.8. The lowest BCUT2D eigenvalue weighted by molar-refractivity contribution is -0.118. The van der Waals surface area contributed by atoms with Crippen molar-refractivity contribution in [3.8, 4) is 11.4 Å². The number of carbonyl (C=O) groups excluding carboxylic acids is 1. The number of aryl methyl sites for hydroxylation is 1. The molecule has 3 aromatic carbocycles. The maximum absolute atomic E-state index is 14.2. The third-order valence-corrected chi connectivity index (χ3v) is 5.87. The molecule has 0 unspecified atom stereocenters. The highest BCUT2D eigenvalue weighted by molar-refractivity contribution is 7.99. The van der Waals surface area contributed by atoms with Crippen LogP contribution in [0.2, 0.25) is 0 Å². The summed E-state index contributed by atoms with van der Waals surface area (Å²) in [6.45, 7) is 2.33. The second kappa shape index (κ2) is 10.3. The van der Waals surface area contributed by atoms with E-state index >= 15 is 0 Å². The second-order valence-corrected chi connectivity index (χ2v) is 8.23. The van der Waals surface area contributed by atoms with Gasteiger partial charge in [0.15, 0.2) is 5.16 Å². The van der Waals surface area contributed by atoms with Crippen molar-refractivity contribution in [2.24, 2.45) is 0 Å². The van der Waals surface area contributed by atoms with Crippen LogP contribution in [-0.2, 0) is 4.79 Å². The van der Waals surface area contributed by atoms with Gasteiger partial charge in [-0.3, -0.25) is 14.2 Å². The summed E-state index contributed by atoms with van der Waals surface area (Å²) < 4.78 is 21.1. The van der Waals surface area contributed by atoms with E-state index in [9.17, 15) is 14.0 Å². The van der Waals surface area contributed by atoms with E-state index in [0.717, 1.165) is 17.5 Å². The van der Waals surface area contributed by atoms with Crippen LogP contribution in [0, 0.1) is 12.7 Å². The van der Waals surface area contributed by atoms with Crippen molar-refractivity contribution in [1.29, 1.82) is 0 Å². The number of aromatic nitrogens is 2. The minimum Gasteiger partial charge on any atom is -0.492 e. The van der Waals surface area contributed by atoms with E-state index in [-0.39, 0.29) is 17.2 Å². The molecule has 0 spiro atoms. The Morgan fingerprint density at radius 3 is 2.64 bits per heavy atom. The van der Waals surface area contributed by atoms with Gasteiger partial charge in [0, 0.05) is 0 Å². The van der Waals surface area contributed by atoms with Gasteiger partial charge in [0.25, 0.3) is 5.56 Å². The molecule has 0 radical (unpaired) electrons. The maximum atomic E-state index is 14.2. The SMILES string of the molecule is Cc1ccc(-n2c(SCC(=O)NCCOc3ccccc3)nc3ccccc3c2=O)cc1F. The van der Waals surface area contributed by atoms with Gasteiger partial charge < -0.3 is 10.1 Å². The summed E-state index contributed by atoms with van der Waals surface area (Å²) in [4.78, 5) is 30.1. The van der Waals surface area contributed by atoms with Crippen LogP contribution >= 0.6 is 11.8 Å². The Morgan fingerprint density at radius 1 is 1.09 bits per heavy atom. The Bertz CT molecular complexity index is 1340. The van der Waals surface area contributed by atoms with Crippen LogP contribution < -0.4 is 15.6 Å². The summed E-state index contributed by atoms with van der Waals surface area (Å²) in [6.07, 6.45) is 0. The van der Waals surface area contributed by atoms with Crippen molar-refractivity contribution < 1.29 is 13.9 Å². The third kappa shape index (κ3) is 5.40. The molecular formula is C25H22FN3O3S. The van der Waals surface area contributed by atoms with Gasteiger partial charge in [-0.15, -0.1) is 0 Å². The summed E-state index contributed by atoms with van der Waals surface area (Å²) in [6, 6.07) is 20.9. The number of halogens is 1. The first kappa shape index (κ1) is 22.5. The highest BCUT2D eigenvalue weighted by Crippen LogP contribution is 2.22. The number of benzene rings is 3. The molecule has 0 aliphatic carbocycles. The summed E-state index contributed by atoms with van der Waals surface area (Å²) in [7, 11) is 0. The Labute approximate surface area is 194 Å². The first-order chi connectivity index (χ1) is 16.0. The minimum atomic E-state index is -0.417. The van der Waals surface area contributed by atoms with Gasteiger partial charge in [-0.05, 0) is 48.9 Å². The summed E-state index contributed by atoms with van der Waals surface area (Å²) in [5, 5.41) is 3.53. The first-order valence-electron chi connectivity index (χ1n) is 10.4. The molecule has 1 N–H and O–H groups in total. The van der Waals surface area contributed by atoms with Crippen molar-refractivity contribution in [2.75, 3.05) is 18.9 Å². The third-order valence-electron chi connectivity index (χ3n) is 4.93. The van der Waals surface area contributed by atoms with E-state index in [2.05, 4.69) is 10.3 Å². The first-order valence-corrected chi connectivity index (χ1v) is 11.4. The largest absolute Gasteiger partial charge is 0.492 e. The average Bonchev–Trinajstić information content (AvgIpc) is 2.83. The van der Waals surface area contributed by atoms with Gasteiger partial charge in [0.2, 0.25) is 5.91 Å². The average molecular weight is 464 g/mol. The quantitative estimate of drug-likeness (QED) is 0.242. The molecular weight excluding hydrogens is 441 g/mol. The van der Waals surface area contributed by atoms with Crippen LogP contribution in [-0.4, -0.2) is 34.4 Å². The molecule has 4 rings (SSSR count). The van der Waals surface area contributed by atoms with Crippen molar-refractivity contribution >= 4 is 28.6 Å². The summed E-state index contributed by atoms with van der Waals surface area (Å²) >= 11 is 1.12. The Hall–Kier alpha value is -3.65. The number of carbonyl (C=O) groups is 1. The molecule has 8 heteroatoms. The van der Waals surface area contributed by atoms with Gasteiger partial charge in [-0.2, -0.15) is 0 Å². The van der Waals surface area contributed by atoms with Crippen molar-refractivity contribution in [3.63, 3.8) is 0 Å². The number of hydrogen-bond acceptors (Lipinski definition) is 5. The lowest BCUT2D eigenvalue weighted by atomic mass is 10.2. The van der Waals surface area contributed by atoms with Crippen LogP contribution in [0.15, 0.2) is 82.7 Å². The monoisotopic (exact) mass is 463 g/mol. The molecule has 0 atom stereocenters. The minimum absolute atomic E-state index is 0.0461. The van der Waals surface area contributed by atoms with Crippen molar-refractivity contribution in [3.05, 3.63) is 94.5 Å². The fraction of sp³-hybridized carbons (Fsp3) is 0.160. The number of nitrogens with zero attached hydrogens (tertiary/aromatic N) is 2. The summed E-state index contributed by atoms with van der Waals surface area (Å²) in [5.41, 5.74) is 1.04. The number of rotatable bonds is 8. The van der Waals surface area contributed by atoms with Gasteiger partial charge in [0.1, 0.15) is 18.2 Å². The molecule has 0 aliphatic rings. The molecule has 0 fully saturated rings. The molecule has 1 heterocycles. The molecule has 0 saturated heterocycles. The molecule has 168 valence electrons. The summed E-state index contributed by atoms with van der Waals surface area (Å²) in [5.74, 6) is 0.140. The molecule has 0 saturated carbocycles. The van der Waals surface area contributed by atoms with E-state index in [1.807, 2.05) is 30.3 Å². The highest BCUT2D eigenvalue weighted by Gasteiger charge is 2.15. The molecule has 0 bridgehead atoms. The van der Waals surface area contributed by atoms with Crippen molar-refractivity contribution in [1.82, 2.24) is 14.9 Å². The fourth-order valence-corrected chi connectivity index (χ4v) is 4.06. The Morgan fingerprint density at radius 2 is 1.85 bits per heavy atom. The second-order valence-electron chi connectivity index (χ2n) is 7.29. The zero-order valence-corrected chi connectivity index (χ0v) is 18.8. The van der Waals surface area contributed by atoms with Gasteiger partial charge in [0.05, 0.1) is 28.9 Å². The van der Waals surface area contributed by atoms with Gasteiger partial charge >= 0.3 is 0 Å². The van der Waals surface area contributed by atoms with E-state index in [1.54, 1.807) is 43.3 Å². The van der Waals surface area contributed by atoms with E-state index in [1.165, 1.54) is 10.6 Å². The molecule has 1 amide bonds. The van der Waals surface area contributed by atoms with E-state index in [0.29, 0.717) is 40.5 Å². The highest BCUT2D eigenvalue weighted by atomic mass is 32.2. The van der Waals surface area contributed by atoms with E-state index < -0.39 is 5.82 Å². The fourth-order valence-electron chi connectivity index (χ4n) is 3.21. The maximum Gasteiger partial charge on any atom is 0.266 e. The van der Waals surface area contributed by atoms with Crippen molar-refractivity contribution in [2.45, 2.75) is 12.1 Å².